The fourth-order valence-corrected chi connectivity index (χ4v) is 9.68. The third-order valence-corrected chi connectivity index (χ3v) is 12.2. The van der Waals surface area contributed by atoms with Crippen molar-refractivity contribution in [2.24, 2.45) is 0 Å². The Balaban J connectivity index is 0.994. The highest BCUT2D eigenvalue weighted by Crippen LogP contribution is 2.49. The molecule has 2 aromatic heterocycles. The maximum Gasteiger partial charge on any atom is 0.0542 e. The average Bonchev–Trinajstić information content (AvgIpc) is 3.92. The van der Waals surface area contributed by atoms with E-state index >= 15 is 0 Å². The molecule has 0 radical (unpaired) electrons. The summed E-state index contributed by atoms with van der Waals surface area (Å²) in [5, 5.41) is 5.04. The lowest BCUT2D eigenvalue weighted by Crippen LogP contribution is -2.00. The van der Waals surface area contributed by atoms with Gasteiger partial charge in [0, 0.05) is 38.8 Å². The molecule has 2 heterocycles. The Kier molecular flexibility index (Phi) is 7.02. The number of benzene rings is 9. The zero-order chi connectivity index (χ0) is 37.5. The summed E-state index contributed by atoms with van der Waals surface area (Å²) in [7, 11) is 0. The minimum atomic E-state index is 0.170. The molecule has 0 N–H and O–H groups in total. The largest absolute Gasteiger partial charge is 0.309 e. The Bertz CT molecular complexity index is 3250. The number of rotatable bonds is 5. The molecular formula is C55H36N2. The average molecular weight is 725 g/mol. The van der Waals surface area contributed by atoms with E-state index < -0.39 is 0 Å². The molecule has 12 rings (SSSR count). The second-order valence-corrected chi connectivity index (χ2v) is 15.3. The normalized spacial score (nSPS) is 12.5. The van der Waals surface area contributed by atoms with E-state index in [0.29, 0.717) is 0 Å². The van der Waals surface area contributed by atoms with Crippen LogP contribution >= 0.6 is 0 Å². The third-order valence-electron chi connectivity index (χ3n) is 12.2. The van der Waals surface area contributed by atoms with Crippen LogP contribution in [0.2, 0.25) is 0 Å². The van der Waals surface area contributed by atoms with Crippen LogP contribution in [-0.2, 0) is 0 Å². The van der Waals surface area contributed by atoms with E-state index in [1.165, 1.54) is 99.4 Å². The van der Waals surface area contributed by atoms with Crippen LogP contribution in [0.4, 0.5) is 0 Å². The van der Waals surface area contributed by atoms with E-state index in [4.69, 9.17) is 0 Å². The van der Waals surface area contributed by atoms with Crippen LogP contribution in [0.1, 0.15) is 22.6 Å². The van der Waals surface area contributed by atoms with Crippen LogP contribution < -0.4 is 0 Å². The van der Waals surface area contributed by atoms with Crippen LogP contribution in [0.5, 0.6) is 0 Å². The highest BCUT2D eigenvalue weighted by atomic mass is 15.0. The van der Waals surface area contributed by atoms with Gasteiger partial charge in [-0.15, -0.1) is 0 Å². The van der Waals surface area contributed by atoms with Crippen LogP contribution in [0.15, 0.2) is 212 Å². The highest BCUT2D eigenvalue weighted by Gasteiger charge is 2.30. The first-order chi connectivity index (χ1) is 28.3. The Labute approximate surface area is 331 Å². The Morgan fingerprint density at radius 2 is 0.719 bits per heavy atom. The number of nitrogens with zero attached hydrogens (tertiary/aromatic N) is 2. The maximum atomic E-state index is 2.42. The molecule has 0 atom stereocenters. The molecule has 9 aromatic carbocycles. The molecule has 0 saturated carbocycles. The van der Waals surface area contributed by atoms with Crippen molar-refractivity contribution in [3.63, 3.8) is 0 Å². The first-order valence-electron chi connectivity index (χ1n) is 19.8. The van der Waals surface area contributed by atoms with E-state index in [0.717, 1.165) is 5.69 Å². The van der Waals surface area contributed by atoms with Crippen molar-refractivity contribution in [2.75, 3.05) is 0 Å². The molecule has 0 amide bonds. The molecule has 0 aliphatic heterocycles. The molecule has 0 bridgehead atoms. The number of hydrogen-bond donors (Lipinski definition) is 0. The van der Waals surface area contributed by atoms with Gasteiger partial charge in [0.25, 0.3) is 0 Å². The first kappa shape index (κ1) is 31.9. The summed E-state index contributed by atoms with van der Waals surface area (Å²) >= 11 is 0. The number of hydrogen-bond acceptors (Lipinski definition) is 0. The van der Waals surface area contributed by atoms with Crippen molar-refractivity contribution in [3.05, 3.63) is 229 Å². The minimum Gasteiger partial charge on any atom is -0.309 e. The SMILES string of the molecule is c1ccc(-c2cc(-c3ccc(-n4c5ccccc5c5cc(-n6c7ccccc7c7ccccc76)ccc54)cc3)cc(C3c4ccccc4-c4ccccc43)c2)cc1. The van der Waals surface area contributed by atoms with Crippen molar-refractivity contribution in [3.8, 4) is 44.8 Å². The smallest absolute Gasteiger partial charge is 0.0542 e. The Morgan fingerprint density at radius 3 is 1.32 bits per heavy atom. The molecule has 1 aliphatic rings. The Morgan fingerprint density at radius 1 is 0.281 bits per heavy atom. The molecule has 2 nitrogen and oxygen atoms in total. The second kappa shape index (κ2) is 12.6. The monoisotopic (exact) mass is 724 g/mol. The van der Waals surface area contributed by atoms with Gasteiger partial charge < -0.3 is 9.13 Å². The standard InChI is InChI=1S/C55H36N2/c1-2-14-36(15-3-1)38-32-39(34-40(33-38)55-48-21-6-4-16-43(48)44-17-5-7-22-49(44)55)37-26-28-41(29-27-37)56-53-25-13-10-20-47(53)50-35-42(30-31-54(50)56)57-51-23-11-8-18-45(51)46-19-9-12-24-52(46)57/h1-35,55H. The third kappa shape index (κ3) is 4.91. The van der Waals surface area contributed by atoms with Gasteiger partial charge in [0.2, 0.25) is 0 Å². The molecule has 0 fully saturated rings. The van der Waals surface area contributed by atoms with Gasteiger partial charge in [-0.25, -0.2) is 0 Å². The zero-order valence-corrected chi connectivity index (χ0v) is 31.2. The number of fused-ring (bicyclic) bond motifs is 9. The molecule has 1 aliphatic carbocycles. The number of aromatic nitrogens is 2. The van der Waals surface area contributed by atoms with Gasteiger partial charge in [-0.05, 0) is 105 Å². The van der Waals surface area contributed by atoms with E-state index in [1.54, 1.807) is 0 Å². The first-order valence-corrected chi connectivity index (χ1v) is 19.8. The fraction of sp³-hybridized carbons (Fsp3) is 0.0182. The lowest BCUT2D eigenvalue weighted by molar-refractivity contribution is 1.02. The predicted molar refractivity (Wildman–Crippen MR) is 239 cm³/mol. The van der Waals surface area contributed by atoms with Crippen molar-refractivity contribution in [1.29, 1.82) is 0 Å². The summed E-state index contributed by atoms with van der Waals surface area (Å²) in [5.41, 5.74) is 18.8. The predicted octanol–water partition coefficient (Wildman–Crippen LogP) is 14.4. The van der Waals surface area contributed by atoms with Gasteiger partial charge in [0.15, 0.2) is 0 Å². The molecule has 57 heavy (non-hydrogen) atoms. The minimum absolute atomic E-state index is 0.170. The van der Waals surface area contributed by atoms with Crippen molar-refractivity contribution in [2.45, 2.75) is 5.92 Å². The Hall–Kier alpha value is -7.42. The molecular weight excluding hydrogens is 689 g/mol. The second-order valence-electron chi connectivity index (χ2n) is 15.3. The molecule has 2 heteroatoms. The van der Waals surface area contributed by atoms with E-state index in [9.17, 15) is 0 Å². The quantitative estimate of drug-likeness (QED) is 0.167. The van der Waals surface area contributed by atoms with Crippen LogP contribution in [0.25, 0.3) is 88.4 Å². The summed E-state index contributed by atoms with van der Waals surface area (Å²) in [6, 6.07) is 78.2. The summed E-state index contributed by atoms with van der Waals surface area (Å²) in [6.07, 6.45) is 0. The van der Waals surface area contributed by atoms with Gasteiger partial charge >= 0.3 is 0 Å². The van der Waals surface area contributed by atoms with Crippen LogP contribution in [0.3, 0.4) is 0 Å². The molecule has 0 spiro atoms. The van der Waals surface area contributed by atoms with Crippen molar-refractivity contribution < 1.29 is 0 Å². The van der Waals surface area contributed by atoms with Gasteiger partial charge in [-0.3, -0.25) is 0 Å². The molecule has 0 unspecified atom stereocenters. The number of para-hydroxylation sites is 3. The lowest BCUT2D eigenvalue weighted by atomic mass is 9.85. The topological polar surface area (TPSA) is 9.86 Å². The van der Waals surface area contributed by atoms with Crippen LogP contribution in [-0.4, -0.2) is 9.13 Å². The van der Waals surface area contributed by atoms with E-state index in [1.807, 2.05) is 0 Å². The van der Waals surface area contributed by atoms with Gasteiger partial charge in [-0.2, -0.15) is 0 Å². The molecule has 11 aromatic rings. The zero-order valence-electron chi connectivity index (χ0n) is 31.2. The van der Waals surface area contributed by atoms with Crippen LogP contribution in [0, 0.1) is 0 Å². The summed E-state index contributed by atoms with van der Waals surface area (Å²) in [5.74, 6) is 0.170. The molecule has 0 saturated heterocycles. The van der Waals surface area contributed by atoms with E-state index in [2.05, 4.69) is 221 Å². The van der Waals surface area contributed by atoms with Crippen molar-refractivity contribution in [1.82, 2.24) is 9.13 Å². The molecule has 266 valence electrons. The summed E-state index contributed by atoms with van der Waals surface area (Å²) in [6.45, 7) is 0. The summed E-state index contributed by atoms with van der Waals surface area (Å²) < 4.78 is 4.83. The van der Waals surface area contributed by atoms with Gasteiger partial charge in [0.05, 0.1) is 22.1 Å². The van der Waals surface area contributed by atoms with Crippen molar-refractivity contribution >= 4 is 43.6 Å². The highest BCUT2D eigenvalue weighted by molar-refractivity contribution is 6.12. The fourth-order valence-electron chi connectivity index (χ4n) is 9.68. The summed E-state index contributed by atoms with van der Waals surface area (Å²) in [4.78, 5) is 0. The lowest BCUT2D eigenvalue weighted by Gasteiger charge is -2.18. The van der Waals surface area contributed by atoms with Gasteiger partial charge in [-0.1, -0.05) is 158 Å². The van der Waals surface area contributed by atoms with Gasteiger partial charge in [0.1, 0.15) is 0 Å². The van der Waals surface area contributed by atoms with E-state index in [-0.39, 0.29) is 5.92 Å². The maximum absolute atomic E-state index is 2.42.